The van der Waals surface area contributed by atoms with Crippen LogP contribution < -0.4 is 4.90 Å². The highest BCUT2D eigenvalue weighted by Crippen LogP contribution is 2.21. The number of aryl methyl sites for hydroxylation is 1. The molecule has 0 saturated heterocycles. The summed E-state index contributed by atoms with van der Waals surface area (Å²) in [6.07, 6.45) is 0.615. The summed E-state index contributed by atoms with van der Waals surface area (Å²) in [5.74, 6) is -0.399. The van der Waals surface area contributed by atoms with Gasteiger partial charge in [-0.3, -0.25) is 0 Å². The molecule has 19 heavy (non-hydrogen) atoms. The van der Waals surface area contributed by atoms with Gasteiger partial charge < -0.3 is 15.0 Å². The number of hydrogen-bond acceptors (Lipinski definition) is 3. The number of aromatic amines is 1. The van der Waals surface area contributed by atoms with E-state index in [-0.39, 0.29) is 5.69 Å². The van der Waals surface area contributed by atoms with Gasteiger partial charge in [-0.2, -0.15) is 0 Å². The van der Waals surface area contributed by atoms with E-state index in [2.05, 4.69) is 9.97 Å². The summed E-state index contributed by atoms with van der Waals surface area (Å²) in [5, 5.41) is 9.08. The minimum atomic E-state index is -0.996. The van der Waals surface area contributed by atoms with Crippen LogP contribution in [0.25, 0.3) is 11.4 Å². The molecule has 0 spiro atoms. The van der Waals surface area contributed by atoms with Gasteiger partial charge in [0.1, 0.15) is 5.82 Å². The molecule has 1 aromatic heterocycles. The van der Waals surface area contributed by atoms with Crippen LogP contribution in [0, 0.1) is 0 Å². The van der Waals surface area contributed by atoms with E-state index in [4.69, 9.17) is 5.11 Å². The van der Waals surface area contributed by atoms with E-state index in [1.54, 1.807) is 0 Å². The molecule has 0 fully saturated rings. The highest BCUT2D eigenvalue weighted by molar-refractivity contribution is 5.87. The lowest BCUT2D eigenvalue weighted by molar-refractivity contribution is 0.0690. The van der Waals surface area contributed by atoms with Crippen molar-refractivity contribution in [1.82, 2.24) is 9.97 Å². The predicted octanol–water partition coefficient (Wildman–Crippen LogP) is 2.40. The van der Waals surface area contributed by atoms with Crippen LogP contribution in [0.1, 0.15) is 23.1 Å². The van der Waals surface area contributed by atoms with Crippen LogP contribution in [0.3, 0.4) is 0 Å². The molecule has 0 saturated carbocycles. The van der Waals surface area contributed by atoms with E-state index in [0.29, 0.717) is 17.9 Å². The molecule has 0 atom stereocenters. The second-order valence-corrected chi connectivity index (χ2v) is 4.51. The second-order valence-electron chi connectivity index (χ2n) is 4.51. The second kappa shape index (κ2) is 5.14. The number of anilines is 1. The number of nitrogens with one attached hydrogen (secondary N) is 1. The number of aromatic nitrogens is 2. The molecule has 2 aromatic rings. The fourth-order valence-electron chi connectivity index (χ4n) is 1.90. The van der Waals surface area contributed by atoms with Crippen LogP contribution in [0.4, 0.5) is 5.69 Å². The zero-order valence-electron chi connectivity index (χ0n) is 11.3. The quantitative estimate of drug-likeness (QED) is 0.884. The highest BCUT2D eigenvalue weighted by atomic mass is 16.4. The van der Waals surface area contributed by atoms with Gasteiger partial charge in [0.2, 0.25) is 0 Å². The molecule has 0 aliphatic carbocycles. The van der Waals surface area contributed by atoms with Crippen molar-refractivity contribution in [3.8, 4) is 11.4 Å². The van der Waals surface area contributed by atoms with Crippen molar-refractivity contribution in [2.24, 2.45) is 0 Å². The fraction of sp³-hybridized carbons (Fsp3) is 0.286. The monoisotopic (exact) mass is 259 g/mol. The van der Waals surface area contributed by atoms with E-state index < -0.39 is 5.97 Å². The standard InChI is InChI=1S/C14H17N3O2/c1-4-11-12(14(18)19)16-13(15-11)9-5-7-10(8-6-9)17(2)3/h5-8H,4H2,1-3H3,(H,15,16)(H,18,19). The molecular weight excluding hydrogens is 242 g/mol. The van der Waals surface area contributed by atoms with E-state index in [0.717, 1.165) is 11.3 Å². The molecular formula is C14H17N3O2. The first-order chi connectivity index (χ1) is 9.02. The van der Waals surface area contributed by atoms with Gasteiger partial charge >= 0.3 is 5.97 Å². The van der Waals surface area contributed by atoms with Gasteiger partial charge in [-0.15, -0.1) is 0 Å². The number of rotatable bonds is 4. The Bertz CT molecular complexity index is 585. The zero-order valence-corrected chi connectivity index (χ0v) is 11.3. The first-order valence-electron chi connectivity index (χ1n) is 6.13. The summed E-state index contributed by atoms with van der Waals surface area (Å²) < 4.78 is 0. The minimum Gasteiger partial charge on any atom is -0.476 e. The molecule has 0 unspecified atom stereocenters. The Morgan fingerprint density at radius 1 is 1.32 bits per heavy atom. The average molecular weight is 259 g/mol. The van der Waals surface area contributed by atoms with Gasteiger partial charge in [-0.25, -0.2) is 9.78 Å². The number of nitrogens with zero attached hydrogens (tertiary/aromatic N) is 2. The van der Waals surface area contributed by atoms with Crippen molar-refractivity contribution in [3.05, 3.63) is 35.7 Å². The maximum atomic E-state index is 11.1. The number of carboxylic acid groups (broad SMARTS) is 1. The molecule has 100 valence electrons. The first-order valence-corrected chi connectivity index (χ1v) is 6.13. The number of imidazole rings is 1. The Hall–Kier alpha value is -2.30. The Morgan fingerprint density at radius 3 is 2.37 bits per heavy atom. The average Bonchev–Trinajstić information content (AvgIpc) is 2.83. The van der Waals surface area contributed by atoms with Gasteiger partial charge in [0.25, 0.3) is 0 Å². The molecule has 0 aliphatic rings. The summed E-state index contributed by atoms with van der Waals surface area (Å²) in [7, 11) is 3.94. The molecule has 2 N–H and O–H groups in total. The van der Waals surface area contributed by atoms with Crippen LogP contribution in [0.15, 0.2) is 24.3 Å². The zero-order chi connectivity index (χ0) is 14.0. The van der Waals surface area contributed by atoms with Gasteiger partial charge in [-0.05, 0) is 30.7 Å². The first kappa shape index (κ1) is 13.1. The number of carboxylic acids is 1. The molecule has 0 bridgehead atoms. The maximum Gasteiger partial charge on any atom is 0.356 e. The normalized spacial score (nSPS) is 10.5. The third kappa shape index (κ3) is 2.59. The summed E-state index contributed by atoms with van der Waals surface area (Å²) in [4.78, 5) is 20.3. The molecule has 1 aromatic carbocycles. The van der Waals surface area contributed by atoms with E-state index in [1.165, 1.54) is 0 Å². The van der Waals surface area contributed by atoms with Crippen molar-refractivity contribution >= 4 is 11.7 Å². The van der Waals surface area contributed by atoms with Crippen LogP contribution in [-0.2, 0) is 6.42 Å². The van der Waals surface area contributed by atoms with Crippen LogP contribution >= 0.6 is 0 Å². The molecule has 0 aliphatic heterocycles. The lowest BCUT2D eigenvalue weighted by Crippen LogP contribution is -2.07. The summed E-state index contributed by atoms with van der Waals surface area (Å²) >= 11 is 0. The predicted molar refractivity (Wildman–Crippen MR) is 74.7 cm³/mol. The number of benzene rings is 1. The number of H-pyrrole nitrogens is 1. The van der Waals surface area contributed by atoms with Crippen LogP contribution in [0.2, 0.25) is 0 Å². The molecule has 0 radical (unpaired) electrons. The highest BCUT2D eigenvalue weighted by Gasteiger charge is 2.16. The van der Waals surface area contributed by atoms with Crippen molar-refractivity contribution in [3.63, 3.8) is 0 Å². The van der Waals surface area contributed by atoms with E-state index >= 15 is 0 Å². The van der Waals surface area contributed by atoms with Crippen LogP contribution in [-0.4, -0.2) is 35.1 Å². The third-order valence-corrected chi connectivity index (χ3v) is 2.99. The lowest BCUT2D eigenvalue weighted by atomic mass is 10.2. The van der Waals surface area contributed by atoms with Crippen molar-refractivity contribution in [2.45, 2.75) is 13.3 Å². The Morgan fingerprint density at radius 2 is 1.95 bits per heavy atom. The number of aromatic carboxylic acids is 1. The van der Waals surface area contributed by atoms with Gasteiger partial charge in [0, 0.05) is 31.0 Å². The summed E-state index contributed by atoms with van der Waals surface area (Å²) in [6.45, 7) is 1.90. The Labute approximate surface area is 111 Å². The van der Waals surface area contributed by atoms with Crippen molar-refractivity contribution in [2.75, 3.05) is 19.0 Å². The minimum absolute atomic E-state index is 0.106. The van der Waals surface area contributed by atoms with E-state index in [1.807, 2.05) is 50.2 Å². The SMILES string of the molecule is CCc1[nH]c(-c2ccc(N(C)C)cc2)nc1C(=O)O. The van der Waals surface area contributed by atoms with Crippen molar-refractivity contribution < 1.29 is 9.90 Å². The summed E-state index contributed by atoms with van der Waals surface area (Å²) in [5.41, 5.74) is 2.73. The van der Waals surface area contributed by atoms with Gasteiger partial charge in [0.05, 0.1) is 0 Å². The number of hydrogen-bond donors (Lipinski definition) is 2. The van der Waals surface area contributed by atoms with Gasteiger partial charge in [0.15, 0.2) is 5.69 Å². The maximum absolute atomic E-state index is 11.1. The topological polar surface area (TPSA) is 69.2 Å². The molecule has 5 heteroatoms. The molecule has 1 heterocycles. The van der Waals surface area contributed by atoms with Crippen molar-refractivity contribution in [1.29, 1.82) is 0 Å². The Kier molecular flexibility index (Phi) is 3.55. The van der Waals surface area contributed by atoms with Gasteiger partial charge in [-0.1, -0.05) is 6.92 Å². The Balaban J connectivity index is 2.39. The third-order valence-electron chi connectivity index (χ3n) is 2.99. The smallest absolute Gasteiger partial charge is 0.356 e. The molecule has 0 amide bonds. The largest absolute Gasteiger partial charge is 0.476 e. The van der Waals surface area contributed by atoms with Crippen LogP contribution in [0.5, 0.6) is 0 Å². The fourth-order valence-corrected chi connectivity index (χ4v) is 1.90. The lowest BCUT2D eigenvalue weighted by Gasteiger charge is -2.12. The summed E-state index contributed by atoms with van der Waals surface area (Å²) in [6, 6.07) is 7.81. The molecule has 2 rings (SSSR count). The molecule has 5 nitrogen and oxygen atoms in total. The number of carbonyl (C=O) groups is 1. The van der Waals surface area contributed by atoms with E-state index in [9.17, 15) is 4.79 Å².